The molecule has 11 heteroatoms. The third kappa shape index (κ3) is 5.32. The lowest BCUT2D eigenvalue weighted by molar-refractivity contribution is -0.384. The molecule has 1 aliphatic heterocycles. The molecule has 2 unspecified atom stereocenters. The van der Waals surface area contributed by atoms with Crippen molar-refractivity contribution < 1.29 is 19.2 Å². The second-order valence-electron chi connectivity index (χ2n) is 5.13. The highest BCUT2D eigenvalue weighted by Gasteiger charge is 2.44. The normalized spacial score (nSPS) is 17.4. The van der Waals surface area contributed by atoms with E-state index in [1.54, 1.807) is 0 Å². The Morgan fingerprint density at radius 1 is 1.50 bits per heavy atom. The Labute approximate surface area is 168 Å². The number of β-lactam (4-membered cyclic amide) rings is 1. The molecule has 140 valence electrons. The van der Waals surface area contributed by atoms with Gasteiger partial charge in [0.2, 0.25) is 11.4 Å². The highest BCUT2D eigenvalue weighted by atomic mass is 35.5. The van der Waals surface area contributed by atoms with Gasteiger partial charge in [-0.15, -0.1) is 11.8 Å². The van der Waals surface area contributed by atoms with Gasteiger partial charge in [-0.1, -0.05) is 42.5 Å². The highest BCUT2D eigenvalue weighted by Crippen LogP contribution is 2.36. The highest BCUT2D eigenvalue weighted by molar-refractivity contribution is 8.47. The molecule has 1 amide bonds. The van der Waals surface area contributed by atoms with Gasteiger partial charge >= 0.3 is 5.97 Å². The second-order valence-corrected chi connectivity index (χ2v) is 9.19. The number of esters is 1. The Kier molecular flexibility index (Phi) is 7.69. The van der Waals surface area contributed by atoms with Crippen LogP contribution in [0.25, 0.3) is 0 Å². The zero-order valence-corrected chi connectivity index (χ0v) is 16.8. The van der Waals surface area contributed by atoms with E-state index in [0.29, 0.717) is 9.09 Å². The standard InChI is InChI=1S/C15H15ClN2O5S3/c1-2-25-15(24)26-12-7-11(19)17(12)13(16)14(20)23-8-9-3-5-10(6-4-9)18(21)22/h3-6,12-13H,2,7-8H2,1H3. The molecule has 1 fully saturated rings. The summed E-state index contributed by atoms with van der Waals surface area (Å²) in [5, 5.41) is 10.3. The Morgan fingerprint density at radius 2 is 2.15 bits per heavy atom. The largest absolute Gasteiger partial charge is 0.458 e. The van der Waals surface area contributed by atoms with Crippen LogP contribution in [-0.2, 0) is 20.9 Å². The van der Waals surface area contributed by atoms with Gasteiger partial charge < -0.3 is 9.64 Å². The number of alkyl halides is 1. The van der Waals surface area contributed by atoms with Crippen molar-refractivity contribution in [1.82, 2.24) is 4.90 Å². The van der Waals surface area contributed by atoms with Gasteiger partial charge in [0.1, 0.15) is 10.1 Å². The summed E-state index contributed by atoms with van der Waals surface area (Å²) in [6.45, 7) is 1.88. The van der Waals surface area contributed by atoms with E-state index in [0.717, 1.165) is 5.75 Å². The lowest BCUT2D eigenvalue weighted by atomic mass is 10.2. The summed E-state index contributed by atoms with van der Waals surface area (Å²) in [6, 6.07) is 5.61. The molecule has 1 aliphatic rings. The number of hydrogen-bond donors (Lipinski definition) is 0. The first-order chi connectivity index (χ1) is 12.3. The summed E-state index contributed by atoms with van der Waals surface area (Å²) in [7, 11) is 0. The summed E-state index contributed by atoms with van der Waals surface area (Å²) in [6.07, 6.45) is 0.272. The molecule has 0 bridgehead atoms. The third-order valence-corrected chi connectivity index (χ3v) is 6.46. The predicted octanol–water partition coefficient (Wildman–Crippen LogP) is 3.53. The minimum Gasteiger partial charge on any atom is -0.458 e. The van der Waals surface area contributed by atoms with Crippen LogP contribution < -0.4 is 0 Å². The van der Waals surface area contributed by atoms with Crippen LogP contribution in [0.1, 0.15) is 18.9 Å². The van der Waals surface area contributed by atoms with Crippen LogP contribution in [-0.4, -0.2) is 41.9 Å². The first-order valence-electron chi connectivity index (χ1n) is 7.52. The molecular weight excluding hydrogens is 420 g/mol. The number of rotatable bonds is 7. The number of amides is 1. The van der Waals surface area contributed by atoms with E-state index in [4.69, 9.17) is 28.6 Å². The predicted molar refractivity (Wildman–Crippen MR) is 106 cm³/mol. The zero-order valence-electron chi connectivity index (χ0n) is 13.6. The van der Waals surface area contributed by atoms with Crippen molar-refractivity contribution in [1.29, 1.82) is 0 Å². The average Bonchev–Trinajstić information content (AvgIpc) is 2.59. The number of nitro groups is 1. The average molecular weight is 435 g/mol. The number of hydrogen-bond acceptors (Lipinski definition) is 8. The van der Waals surface area contributed by atoms with Gasteiger partial charge in [0.25, 0.3) is 5.69 Å². The molecule has 7 nitrogen and oxygen atoms in total. The summed E-state index contributed by atoms with van der Waals surface area (Å²) in [5.41, 5.74) is -0.710. The molecule has 0 radical (unpaired) electrons. The van der Waals surface area contributed by atoms with E-state index < -0.39 is 16.4 Å². The van der Waals surface area contributed by atoms with Gasteiger partial charge in [0, 0.05) is 12.1 Å². The van der Waals surface area contributed by atoms with Gasteiger partial charge in [-0.05, 0) is 23.4 Å². The number of nitro benzene ring substituents is 1. The molecule has 1 saturated heterocycles. The van der Waals surface area contributed by atoms with E-state index in [1.165, 1.54) is 52.7 Å². The Bertz CT molecular complexity index is 716. The minimum absolute atomic E-state index is 0.0535. The molecule has 1 aromatic rings. The number of thioether (sulfide) groups is 2. The van der Waals surface area contributed by atoms with E-state index in [1.807, 2.05) is 6.92 Å². The van der Waals surface area contributed by atoms with Crippen LogP contribution >= 0.6 is 47.3 Å². The Morgan fingerprint density at radius 3 is 2.69 bits per heavy atom. The Hall–Kier alpha value is -1.36. The van der Waals surface area contributed by atoms with Crippen LogP contribution in [0, 0.1) is 10.1 Å². The van der Waals surface area contributed by atoms with Crippen molar-refractivity contribution in [2.24, 2.45) is 0 Å². The third-order valence-electron chi connectivity index (χ3n) is 3.41. The summed E-state index contributed by atoms with van der Waals surface area (Å²) in [5.74, 6) is -0.162. The van der Waals surface area contributed by atoms with Crippen molar-refractivity contribution in [3.63, 3.8) is 0 Å². The first-order valence-corrected chi connectivity index (χ1v) is 10.2. The lowest BCUT2D eigenvalue weighted by Gasteiger charge is -2.41. The van der Waals surface area contributed by atoms with Crippen molar-refractivity contribution in [2.75, 3.05) is 5.75 Å². The van der Waals surface area contributed by atoms with E-state index >= 15 is 0 Å². The van der Waals surface area contributed by atoms with Crippen molar-refractivity contribution >= 4 is 68.4 Å². The number of non-ortho nitro benzene ring substituents is 1. The van der Waals surface area contributed by atoms with Gasteiger partial charge in [-0.3, -0.25) is 14.9 Å². The van der Waals surface area contributed by atoms with Crippen molar-refractivity contribution in [3.8, 4) is 0 Å². The fourth-order valence-corrected chi connectivity index (χ4v) is 5.14. The number of carbonyl (C=O) groups excluding carboxylic acids is 2. The molecule has 0 aliphatic carbocycles. The molecule has 1 heterocycles. The second kappa shape index (κ2) is 9.54. The van der Waals surface area contributed by atoms with Crippen molar-refractivity contribution in [3.05, 3.63) is 39.9 Å². The lowest BCUT2D eigenvalue weighted by Crippen LogP contribution is -2.57. The smallest absolute Gasteiger partial charge is 0.345 e. The van der Waals surface area contributed by atoms with E-state index in [2.05, 4.69) is 0 Å². The van der Waals surface area contributed by atoms with Crippen LogP contribution in [0.15, 0.2) is 24.3 Å². The van der Waals surface area contributed by atoms with Gasteiger partial charge in [0.05, 0.1) is 16.7 Å². The number of halogens is 1. The van der Waals surface area contributed by atoms with Crippen LogP contribution in [0.5, 0.6) is 0 Å². The molecule has 2 atom stereocenters. The Balaban J connectivity index is 1.88. The maximum Gasteiger partial charge on any atom is 0.345 e. The number of benzene rings is 1. The number of likely N-dealkylation sites (tertiary alicyclic amines) is 1. The molecule has 0 aromatic heterocycles. The molecule has 0 N–H and O–H groups in total. The van der Waals surface area contributed by atoms with Crippen LogP contribution in [0.3, 0.4) is 0 Å². The molecule has 0 spiro atoms. The number of carbonyl (C=O) groups is 2. The van der Waals surface area contributed by atoms with Crippen LogP contribution in [0.4, 0.5) is 5.69 Å². The van der Waals surface area contributed by atoms with Crippen molar-refractivity contribution in [2.45, 2.75) is 30.8 Å². The van der Waals surface area contributed by atoms with E-state index in [-0.39, 0.29) is 30.0 Å². The van der Waals surface area contributed by atoms with Gasteiger partial charge in [-0.25, -0.2) is 4.79 Å². The van der Waals surface area contributed by atoms with Gasteiger partial charge in [0.15, 0.2) is 0 Å². The maximum atomic E-state index is 12.1. The van der Waals surface area contributed by atoms with E-state index in [9.17, 15) is 19.7 Å². The first kappa shape index (κ1) is 20.9. The number of thiocarbonyl (C=S) groups is 1. The number of nitrogens with zero attached hydrogens (tertiary/aromatic N) is 2. The van der Waals surface area contributed by atoms with Gasteiger partial charge in [-0.2, -0.15) is 0 Å². The summed E-state index contributed by atoms with van der Waals surface area (Å²) >= 11 is 14.1. The fourth-order valence-electron chi connectivity index (χ4n) is 2.09. The maximum absolute atomic E-state index is 12.1. The molecule has 1 aromatic carbocycles. The quantitative estimate of drug-likeness (QED) is 0.122. The molecule has 0 saturated carbocycles. The zero-order chi connectivity index (χ0) is 19.3. The minimum atomic E-state index is -1.23. The summed E-state index contributed by atoms with van der Waals surface area (Å²) in [4.78, 5) is 35.3. The number of ether oxygens (including phenoxy) is 1. The summed E-state index contributed by atoms with van der Waals surface area (Å²) < 4.78 is 5.81. The fraction of sp³-hybridized carbons (Fsp3) is 0.400. The monoisotopic (exact) mass is 434 g/mol. The molecule has 2 rings (SSSR count). The van der Waals surface area contributed by atoms with Crippen LogP contribution in [0.2, 0.25) is 0 Å². The molecular formula is C15H15ClN2O5S3. The topological polar surface area (TPSA) is 89.8 Å². The molecule has 26 heavy (non-hydrogen) atoms. The SMILES string of the molecule is CCSC(=S)SC1CC(=O)N1C(Cl)C(=O)OCc1ccc([N+](=O)[O-])cc1.